The number of thioether (sulfide) groups is 1. The van der Waals surface area contributed by atoms with Crippen LogP contribution in [0.3, 0.4) is 0 Å². The molecule has 0 saturated carbocycles. The van der Waals surface area contributed by atoms with Crippen molar-refractivity contribution in [1.82, 2.24) is 9.78 Å². The van der Waals surface area contributed by atoms with E-state index in [0.717, 1.165) is 16.8 Å². The minimum atomic E-state index is -2.56. The molecule has 0 unspecified atom stereocenters. The molecule has 0 aliphatic heterocycles. The van der Waals surface area contributed by atoms with Crippen molar-refractivity contribution in [3.05, 3.63) is 88.7 Å². The van der Waals surface area contributed by atoms with E-state index in [0.29, 0.717) is 27.7 Å². The van der Waals surface area contributed by atoms with Crippen LogP contribution in [0.2, 0.25) is 0 Å². The Labute approximate surface area is 189 Å². The lowest BCUT2D eigenvalue weighted by molar-refractivity contribution is -0.117. The Kier molecular flexibility index (Phi) is 6.45. The molecule has 0 aliphatic carbocycles. The number of hydrogen-bond acceptors (Lipinski definition) is 4. The first-order chi connectivity index (χ1) is 15.8. The number of carbonyl (C=O) groups is 1. The van der Waals surface area contributed by atoms with Crippen LogP contribution in [0.5, 0.6) is 0 Å². The summed E-state index contributed by atoms with van der Waals surface area (Å²) in [7, 11) is 0. The van der Waals surface area contributed by atoms with E-state index in [1.54, 1.807) is 24.3 Å². The van der Waals surface area contributed by atoms with Crippen molar-refractivity contribution in [3.8, 4) is 11.3 Å². The summed E-state index contributed by atoms with van der Waals surface area (Å²) in [6.45, 7) is -0.451. The van der Waals surface area contributed by atoms with Crippen LogP contribution in [0.25, 0.3) is 22.0 Å². The van der Waals surface area contributed by atoms with E-state index in [2.05, 4.69) is 10.4 Å². The lowest BCUT2D eigenvalue weighted by Gasteiger charge is -2.12. The van der Waals surface area contributed by atoms with Crippen LogP contribution in [-0.2, 0) is 11.3 Å². The van der Waals surface area contributed by atoms with Crippen molar-refractivity contribution in [2.75, 3.05) is 5.32 Å². The highest BCUT2D eigenvalue weighted by Crippen LogP contribution is 2.27. The Morgan fingerprint density at radius 1 is 0.970 bits per heavy atom. The van der Waals surface area contributed by atoms with Gasteiger partial charge in [0.15, 0.2) is 11.6 Å². The minimum Gasteiger partial charge on any atom is -0.324 e. The van der Waals surface area contributed by atoms with E-state index in [9.17, 15) is 27.2 Å². The summed E-state index contributed by atoms with van der Waals surface area (Å²) in [5.74, 6) is -5.22. The highest BCUT2D eigenvalue weighted by Gasteiger charge is 2.16. The van der Waals surface area contributed by atoms with Gasteiger partial charge in [-0.15, -0.1) is 0 Å². The third-order valence-electron chi connectivity index (χ3n) is 4.72. The molecule has 0 spiro atoms. The fourth-order valence-electron chi connectivity index (χ4n) is 3.26. The van der Waals surface area contributed by atoms with Crippen molar-refractivity contribution in [2.24, 2.45) is 0 Å². The lowest BCUT2D eigenvalue weighted by atomic mass is 10.0. The van der Waals surface area contributed by atoms with E-state index in [1.165, 1.54) is 30.3 Å². The molecule has 0 atom stereocenters. The highest BCUT2D eigenvalue weighted by molar-refractivity contribution is 7.99. The van der Waals surface area contributed by atoms with Gasteiger partial charge < -0.3 is 5.32 Å². The van der Waals surface area contributed by atoms with Crippen LogP contribution in [0.1, 0.15) is 0 Å². The van der Waals surface area contributed by atoms with Gasteiger partial charge >= 0.3 is 0 Å². The molecule has 3 aromatic carbocycles. The first-order valence-corrected chi connectivity index (χ1v) is 10.5. The number of fused-ring (bicyclic) bond motifs is 1. The van der Waals surface area contributed by atoms with Gasteiger partial charge in [-0.2, -0.15) is 13.9 Å². The average molecular weight is 473 g/mol. The quantitative estimate of drug-likeness (QED) is 0.305. The summed E-state index contributed by atoms with van der Waals surface area (Å²) in [5.41, 5.74) is 0.278. The van der Waals surface area contributed by atoms with E-state index in [4.69, 9.17) is 0 Å². The average Bonchev–Trinajstić information content (AvgIpc) is 2.79. The number of aromatic nitrogens is 2. The largest absolute Gasteiger partial charge is 0.324 e. The summed E-state index contributed by atoms with van der Waals surface area (Å²) in [4.78, 5) is 25.8. The molecular formula is C23H15F4N3O2S. The molecule has 0 aliphatic rings. The van der Waals surface area contributed by atoms with Crippen molar-refractivity contribution in [1.29, 1.82) is 0 Å². The molecule has 4 aromatic rings. The number of carbonyl (C=O) groups excluding carboxylic acids is 1. The first kappa shape index (κ1) is 22.5. The van der Waals surface area contributed by atoms with Crippen LogP contribution < -0.4 is 10.9 Å². The second-order valence-corrected chi connectivity index (χ2v) is 8.00. The van der Waals surface area contributed by atoms with Gasteiger partial charge in [-0.3, -0.25) is 9.59 Å². The summed E-state index contributed by atoms with van der Waals surface area (Å²) in [6, 6.07) is 15.6. The minimum absolute atomic E-state index is 0.213. The number of halogens is 4. The number of benzene rings is 3. The number of amides is 1. The molecule has 1 N–H and O–H groups in total. The molecule has 1 heterocycles. The van der Waals surface area contributed by atoms with Gasteiger partial charge in [-0.25, -0.2) is 13.5 Å². The normalized spacial score (nSPS) is 11.2. The van der Waals surface area contributed by atoms with Gasteiger partial charge in [-0.1, -0.05) is 30.0 Å². The summed E-state index contributed by atoms with van der Waals surface area (Å²) in [6.07, 6.45) is 0. The number of nitrogens with zero attached hydrogens (tertiary/aromatic N) is 2. The maximum Gasteiger partial charge on any atom is 0.288 e. The van der Waals surface area contributed by atoms with Gasteiger partial charge in [0.1, 0.15) is 6.54 Å². The fourth-order valence-corrected chi connectivity index (χ4v) is 3.75. The van der Waals surface area contributed by atoms with E-state index < -0.39 is 35.4 Å². The zero-order valence-corrected chi connectivity index (χ0v) is 17.6. The molecule has 33 heavy (non-hydrogen) atoms. The molecule has 1 amide bonds. The van der Waals surface area contributed by atoms with Crippen LogP contribution in [0.4, 0.5) is 23.2 Å². The smallest absolute Gasteiger partial charge is 0.288 e. The van der Waals surface area contributed by atoms with Gasteiger partial charge in [0.25, 0.3) is 11.3 Å². The number of nitrogens with one attached hydrogen (secondary N) is 1. The second-order valence-electron chi connectivity index (χ2n) is 6.94. The first-order valence-electron chi connectivity index (χ1n) is 9.62. The Hall–Kier alpha value is -3.66. The highest BCUT2D eigenvalue weighted by atomic mass is 32.2. The molecule has 1 aromatic heterocycles. The van der Waals surface area contributed by atoms with Crippen molar-refractivity contribution < 1.29 is 22.4 Å². The Morgan fingerprint density at radius 3 is 2.33 bits per heavy atom. The molecule has 0 bridgehead atoms. The monoisotopic (exact) mass is 473 g/mol. The van der Waals surface area contributed by atoms with Gasteiger partial charge in [0.05, 0.1) is 11.1 Å². The van der Waals surface area contributed by atoms with E-state index in [-0.39, 0.29) is 16.6 Å². The summed E-state index contributed by atoms with van der Waals surface area (Å²) in [5, 5.41) is 7.50. The molecule has 168 valence electrons. The van der Waals surface area contributed by atoms with E-state index in [1.807, 2.05) is 0 Å². The third kappa shape index (κ3) is 5.06. The van der Waals surface area contributed by atoms with Gasteiger partial charge in [0.2, 0.25) is 5.91 Å². The van der Waals surface area contributed by atoms with E-state index >= 15 is 0 Å². The second kappa shape index (κ2) is 9.45. The Morgan fingerprint density at radius 2 is 1.67 bits per heavy atom. The van der Waals surface area contributed by atoms with Crippen molar-refractivity contribution >= 4 is 34.1 Å². The number of hydrogen-bond donors (Lipinski definition) is 1. The SMILES string of the molecule is O=C(Cn1nc(-c2ccc(F)c(F)c2)c2ccccc2c1=O)Nc1ccc(SC(F)F)cc1. The maximum absolute atomic E-state index is 13.8. The summed E-state index contributed by atoms with van der Waals surface area (Å²) < 4.78 is 53.0. The zero-order chi connectivity index (χ0) is 23.5. The number of alkyl halides is 2. The molecule has 10 heteroatoms. The molecule has 0 saturated heterocycles. The zero-order valence-electron chi connectivity index (χ0n) is 16.8. The van der Waals surface area contributed by atoms with Gasteiger partial charge in [-0.05, 0) is 48.5 Å². The van der Waals surface area contributed by atoms with Crippen molar-refractivity contribution in [3.63, 3.8) is 0 Å². The Bertz CT molecular complexity index is 1390. The summed E-state index contributed by atoms with van der Waals surface area (Å²) >= 11 is 0.381. The fraction of sp³-hybridized carbons (Fsp3) is 0.0870. The predicted octanol–water partition coefficient (Wildman–Crippen LogP) is 5.30. The molecule has 5 nitrogen and oxygen atoms in total. The number of rotatable bonds is 6. The standard InChI is InChI=1S/C23H15F4N3O2S/c24-18-10-5-13(11-19(18)25)21-16-3-1-2-4-17(16)22(32)30(29-21)12-20(31)28-14-6-8-15(9-7-14)33-23(26)27/h1-11,23H,12H2,(H,28,31). The van der Waals surface area contributed by atoms with Crippen LogP contribution in [0.15, 0.2) is 76.4 Å². The van der Waals surface area contributed by atoms with Crippen LogP contribution in [-0.4, -0.2) is 21.4 Å². The molecule has 4 rings (SSSR count). The predicted molar refractivity (Wildman–Crippen MR) is 118 cm³/mol. The maximum atomic E-state index is 13.8. The van der Waals surface area contributed by atoms with Gasteiger partial charge in [0, 0.05) is 21.5 Å². The molecule has 0 fully saturated rings. The topological polar surface area (TPSA) is 64.0 Å². The Balaban J connectivity index is 1.65. The molecule has 0 radical (unpaired) electrons. The van der Waals surface area contributed by atoms with Crippen molar-refractivity contribution in [2.45, 2.75) is 17.2 Å². The third-order valence-corrected chi connectivity index (χ3v) is 5.44. The molecular weight excluding hydrogens is 458 g/mol. The lowest BCUT2D eigenvalue weighted by Crippen LogP contribution is -2.30. The van der Waals surface area contributed by atoms with Crippen LogP contribution in [0, 0.1) is 11.6 Å². The number of anilines is 1. The van der Waals surface area contributed by atoms with Crippen LogP contribution >= 0.6 is 11.8 Å².